The van der Waals surface area contributed by atoms with Gasteiger partial charge in [-0.25, -0.2) is 0 Å². The summed E-state index contributed by atoms with van der Waals surface area (Å²) in [7, 11) is 0. The van der Waals surface area contributed by atoms with Crippen LogP contribution in [0.5, 0.6) is 0 Å². The number of hydrogen-bond acceptors (Lipinski definition) is 2. The summed E-state index contributed by atoms with van der Waals surface area (Å²) in [4.78, 5) is 0. The molecule has 2 atom stereocenters. The van der Waals surface area contributed by atoms with E-state index in [9.17, 15) is 0 Å². The van der Waals surface area contributed by atoms with Crippen molar-refractivity contribution in [2.24, 2.45) is 5.92 Å². The minimum absolute atomic E-state index is 0.455. The average molecular weight is 227 g/mol. The zero-order valence-corrected chi connectivity index (χ0v) is 11.3. The Kier molecular flexibility index (Phi) is 7.06. The number of ether oxygens (including phenoxy) is 1. The smallest absolute Gasteiger partial charge is 0.0728 e. The first-order valence-corrected chi connectivity index (χ1v) is 7.09. The standard InChI is InChI=1S/C14H29NO/c1-4-10-15-13-8-6-5-7-9-14(13)16-11-12(2)3/h12-15H,4-11H2,1-3H3. The molecule has 0 amide bonds. The largest absolute Gasteiger partial charge is 0.376 e. The summed E-state index contributed by atoms with van der Waals surface area (Å²) in [6.45, 7) is 8.73. The first-order chi connectivity index (χ1) is 7.74. The van der Waals surface area contributed by atoms with E-state index in [-0.39, 0.29) is 0 Å². The summed E-state index contributed by atoms with van der Waals surface area (Å²) < 4.78 is 6.07. The molecule has 0 saturated heterocycles. The number of nitrogens with one attached hydrogen (secondary N) is 1. The van der Waals surface area contributed by atoms with Gasteiger partial charge in [-0.1, -0.05) is 40.0 Å². The summed E-state index contributed by atoms with van der Waals surface area (Å²) in [5.41, 5.74) is 0. The SMILES string of the molecule is CCCNC1CCCCCC1OCC(C)C. The molecule has 0 heterocycles. The van der Waals surface area contributed by atoms with Crippen LogP contribution >= 0.6 is 0 Å². The fourth-order valence-electron chi connectivity index (χ4n) is 2.35. The molecule has 1 saturated carbocycles. The lowest BCUT2D eigenvalue weighted by Crippen LogP contribution is -2.41. The third kappa shape index (κ3) is 5.31. The van der Waals surface area contributed by atoms with Crippen LogP contribution in [0.4, 0.5) is 0 Å². The Labute approximate surface area is 101 Å². The summed E-state index contributed by atoms with van der Waals surface area (Å²) in [5, 5.41) is 3.66. The van der Waals surface area contributed by atoms with E-state index >= 15 is 0 Å². The van der Waals surface area contributed by atoms with Gasteiger partial charge in [0.05, 0.1) is 6.10 Å². The normalized spacial score (nSPS) is 27.0. The predicted molar refractivity (Wildman–Crippen MR) is 69.7 cm³/mol. The van der Waals surface area contributed by atoms with Crippen molar-refractivity contribution in [1.29, 1.82) is 0 Å². The minimum atomic E-state index is 0.455. The molecular weight excluding hydrogens is 198 g/mol. The van der Waals surface area contributed by atoms with Gasteiger partial charge in [0.2, 0.25) is 0 Å². The Morgan fingerprint density at radius 3 is 2.62 bits per heavy atom. The highest BCUT2D eigenvalue weighted by Gasteiger charge is 2.23. The quantitative estimate of drug-likeness (QED) is 0.703. The van der Waals surface area contributed by atoms with Crippen molar-refractivity contribution in [1.82, 2.24) is 5.32 Å². The lowest BCUT2D eigenvalue weighted by molar-refractivity contribution is 0.00791. The van der Waals surface area contributed by atoms with Crippen LogP contribution in [-0.2, 0) is 4.74 Å². The summed E-state index contributed by atoms with van der Waals surface area (Å²) >= 11 is 0. The molecule has 1 aliphatic rings. The molecule has 0 radical (unpaired) electrons. The van der Waals surface area contributed by atoms with Crippen LogP contribution in [0.15, 0.2) is 0 Å². The molecule has 2 heteroatoms. The van der Waals surface area contributed by atoms with Crippen molar-refractivity contribution >= 4 is 0 Å². The monoisotopic (exact) mass is 227 g/mol. The molecule has 1 aliphatic carbocycles. The third-order valence-electron chi connectivity index (χ3n) is 3.25. The molecule has 0 bridgehead atoms. The average Bonchev–Trinajstić information content (AvgIpc) is 2.48. The molecule has 1 rings (SSSR count). The van der Waals surface area contributed by atoms with Crippen molar-refractivity contribution in [2.75, 3.05) is 13.2 Å². The highest BCUT2D eigenvalue weighted by molar-refractivity contribution is 4.80. The van der Waals surface area contributed by atoms with E-state index in [1.54, 1.807) is 0 Å². The van der Waals surface area contributed by atoms with Gasteiger partial charge in [0.1, 0.15) is 0 Å². The van der Waals surface area contributed by atoms with Gasteiger partial charge < -0.3 is 10.1 Å². The third-order valence-corrected chi connectivity index (χ3v) is 3.25. The molecule has 2 unspecified atom stereocenters. The topological polar surface area (TPSA) is 21.3 Å². The molecular formula is C14H29NO. The van der Waals surface area contributed by atoms with Crippen LogP contribution < -0.4 is 5.32 Å². The molecule has 1 fully saturated rings. The van der Waals surface area contributed by atoms with Crippen LogP contribution in [0.2, 0.25) is 0 Å². The van der Waals surface area contributed by atoms with Crippen molar-refractivity contribution in [3.05, 3.63) is 0 Å². The van der Waals surface area contributed by atoms with Crippen LogP contribution in [0, 0.1) is 5.92 Å². The Morgan fingerprint density at radius 2 is 1.94 bits per heavy atom. The molecule has 0 aliphatic heterocycles. The maximum Gasteiger partial charge on any atom is 0.0728 e. The molecule has 2 nitrogen and oxygen atoms in total. The summed E-state index contributed by atoms with van der Waals surface area (Å²) in [5.74, 6) is 0.648. The first-order valence-electron chi connectivity index (χ1n) is 7.09. The summed E-state index contributed by atoms with van der Waals surface area (Å²) in [6.07, 6.45) is 8.29. The van der Waals surface area contributed by atoms with Crippen LogP contribution in [0.3, 0.4) is 0 Å². The van der Waals surface area contributed by atoms with Gasteiger partial charge in [0.25, 0.3) is 0 Å². The van der Waals surface area contributed by atoms with Gasteiger partial charge in [0.15, 0.2) is 0 Å². The summed E-state index contributed by atoms with van der Waals surface area (Å²) in [6, 6.07) is 0.598. The van der Waals surface area contributed by atoms with Crippen molar-refractivity contribution in [2.45, 2.75) is 71.4 Å². The van der Waals surface area contributed by atoms with E-state index < -0.39 is 0 Å². The number of hydrogen-bond donors (Lipinski definition) is 1. The van der Waals surface area contributed by atoms with E-state index in [0.717, 1.165) is 13.2 Å². The van der Waals surface area contributed by atoms with E-state index in [2.05, 4.69) is 26.1 Å². The fraction of sp³-hybridized carbons (Fsp3) is 1.00. The van der Waals surface area contributed by atoms with Gasteiger partial charge >= 0.3 is 0 Å². The zero-order chi connectivity index (χ0) is 11.8. The van der Waals surface area contributed by atoms with Crippen LogP contribution in [0.25, 0.3) is 0 Å². The Hall–Kier alpha value is -0.0800. The second kappa shape index (κ2) is 8.08. The van der Waals surface area contributed by atoms with Gasteiger partial charge in [-0.3, -0.25) is 0 Å². The predicted octanol–water partition coefficient (Wildman–Crippen LogP) is 3.36. The van der Waals surface area contributed by atoms with Crippen molar-refractivity contribution < 1.29 is 4.74 Å². The van der Waals surface area contributed by atoms with Crippen molar-refractivity contribution in [3.63, 3.8) is 0 Å². The van der Waals surface area contributed by atoms with E-state index in [1.165, 1.54) is 38.5 Å². The zero-order valence-electron chi connectivity index (χ0n) is 11.3. The fourth-order valence-corrected chi connectivity index (χ4v) is 2.35. The van der Waals surface area contributed by atoms with Gasteiger partial charge in [0, 0.05) is 12.6 Å². The highest BCUT2D eigenvalue weighted by atomic mass is 16.5. The Bertz CT molecular complexity index is 170. The van der Waals surface area contributed by atoms with Crippen molar-refractivity contribution in [3.8, 4) is 0 Å². The van der Waals surface area contributed by atoms with Crippen LogP contribution in [0.1, 0.15) is 59.3 Å². The molecule has 1 N–H and O–H groups in total. The minimum Gasteiger partial charge on any atom is -0.376 e. The van der Waals surface area contributed by atoms with Crippen LogP contribution in [-0.4, -0.2) is 25.3 Å². The highest BCUT2D eigenvalue weighted by Crippen LogP contribution is 2.21. The maximum atomic E-state index is 6.07. The molecule has 16 heavy (non-hydrogen) atoms. The molecule has 0 aromatic rings. The maximum absolute atomic E-state index is 6.07. The molecule has 96 valence electrons. The van der Waals surface area contributed by atoms with E-state index in [0.29, 0.717) is 18.1 Å². The Morgan fingerprint density at radius 1 is 1.19 bits per heavy atom. The molecule has 0 spiro atoms. The lowest BCUT2D eigenvalue weighted by atomic mass is 10.1. The first kappa shape index (κ1) is 14.0. The number of rotatable bonds is 6. The Balaban J connectivity index is 2.38. The molecule has 0 aromatic heterocycles. The van der Waals surface area contributed by atoms with Gasteiger partial charge in [-0.2, -0.15) is 0 Å². The second-order valence-electron chi connectivity index (χ2n) is 5.46. The van der Waals surface area contributed by atoms with E-state index in [1.807, 2.05) is 0 Å². The van der Waals surface area contributed by atoms with E-state index in [4.69, 9.17) is 4.74 Å². The lowest BCUT2D eigenvalue weighted by Gasteiger charge is -2.27. The second-order valence-corrected chi connectivity index (χ2v) is 5.46. The van der Waals surface area contributed by atoms with Gasteiger partial charge in [-0.15, -0.1) is 0 Å². The van der Waals surface area contributed by atoms with Gasteiger partial charge in [-0.05, 0) is 31.7 Å². The molecule has 0 aromatic carbocycles.